The SMILES string of the molecule is CC(C)N1CCC(c2nc3ccccc3[nH]2)CC1. The Kier molecular flexibility index (Phi) is 3.08. The molecule has 18 heavy (non-hydrogen) atoms. The number of fused-ring (bicyclic) bond motifs is 1. The summed E-state index contributed by atoms with van der Waals surface area (Å²) in [6, 6.07) is 8.97. The molecule has 1 saturated heterocycles. The molecule has 96 valence electrons. The lowest BCUT2D eigenvalue weighted by Gasteiger charge is -2.33. The summed E-state index contributed by atoms with van der Waals surface area (Å²) >= 11 is 0. The molecule has 0 atom stereocenters. The first-order chi connectivity index (χ1) is 8.74. The lowest BCUT2D eigenvalue weighted by molar-refractivity contribution is 0.170. The van der Waals surface area contributed by atoms with Gasteiger partial charge in [0.25, 0.3) is 0 Å². The monoisotopic (exact) mass is 243 g/mol. The molecule has 0 spiro atoms. The van der Waals surface area contributed by atoms with Crippen LogP contribution in [0.15, 0.2) is 24.3 Å². The van der Waals surface area contributed by atoms with E-state index in [1.54, 1.807) is 0 Å². The molecule has 0 unspecified atom stereocenters. The van der Waals surface area contributed by atoms with Crippen molar-refractivity contribution in [2.24, 2.45) is 0 Å². The number of benzene rings is 1. The van der Waals surface area contributed by atoms with Crippen LogP contribution in [0.5, 0.6) is 0 Å². The molecule has 0 aliphatic carbocycles. The zero-order valence-corrected chi connectivity index (χ0v) is 11.2. The third kappa shape index (κ3) is 2.15. The van der Waals surface area contributed by atoms with Crippen LogP contribution in [0.4, 0.5) is 0 Å². The van der Waals surface area contributed by atoms with Crippen LogP contribution in [-0.4, -0.2) is 34.0 Å². The van der Waals surface area contributed by atoms with Crippen molar-refractivity contribution in [2.75, 3.05) is 13.1 Å². The summed E-state index contributed by atoms with van der Waals surface area (Å²) < 4.78 is 0. The van der Waals surface area contributed by atoms with Gasteiger partial charge >= 0.3 is 0 Å². The second-order valence-electron chi connectivity index (χ2n) is 5.54. The fraction of sp³-hybridized carbons (Fsp3) is 0.533. The number of hydrogen-bond acceptors (Lipinski definition) is 2. The topological polar surface area (TPSA) is 31.9 Å². The normalized spacial score (nSPS) is 18.8. The largest absolute Gasteiger partial charge is 0.342 e. The van der Waals surface area contributed by atoms with E-state index in [-0.39, 0.29) is 0 Å². The highest BCUT2D eigenvalue weighted by Gasteiger charge is 2.23. The number of rotatable bonds is 2. The van der Waals surface area contributed by atoms with Crippen LogP contribution < -0.4 is 0 Å². The van der Waals surface area contributed by atoms with Crippen LogP contribution in [0.1, 0.15) is 38.4 Å². The van der Waals surface area contributed by atoms with E-state index >= 15 is 0 Å². The summed E-state index contributed by atoms with van der Waals surface area (Å²) in [5.41, 5.74) is 2.26. The molecule has 3 rings (SSSR count). The van der Waals surface area contributed by atoms with Crippen molar-refractivity contribution in [3.8, 4) is 0 Å². The summed E-state index contributed by atoms with van der Waals surface area (Å²) in [6.07, 6.45) is 2.44. The third-order valence-electron chi connectivity index (χ3n) is 4.05. The Hall–Kier alpha value is -1.35. The molecule has 1 aliphatic rings. The number of nitrogens with one attached hydrogen (secondary N) is 1. The highest BCUT2D eigenvalue weighted by Crippen LogP contribution is 2.28. The van der Waals surface area contributed by atoms with Gasteiger partial charge in [0, 0.05) is 12.0 Å². The van der Waals surface area contributed by atoms with Crippen LogP contribution >= 0.6 is 0 Å². The number of nitrogens with zero attached hydrogens (tertiary/aromatic N) is 2. The van der Waals surface area contributed by atoms with E-state index in [4.69, 9.17) is 4.98 Å². The number of imidazole rings is 1. The van der Waals surface area contributed by atoms with E-state index in [1.165, 1.54) is 37.3 Å². The summed E-state index contributed by atoms with van der Waals surface area (Å²) in [4.78, 5) is 10.8. The second-order valence-corrected chi connectivity index (χ2v) is 5.54. The summed E-state index contributed by atoms with van der Waals surface area (Å²) in [5, 5.41) is 0. The van der Waals surface area contributed by atoms with Gasteiger partial charge in [-0.2, -0.15) is 0 Å². The van der Waals surface area contributed by atoms with E-state index in [1.807, 2.05) is 6.07 Å². The van der Waals surface area contributed by atoms with E-state index in [0.717, 1.165) is 5.52 Å². The molecule has 0 saturated carbocycles. The Morgan fingerprint density at radius 2 is 1.94 bits per heavy atom. The standard InChI is InChI=1S/C15H21N3/c1-11(2)18-9-7-12(8-10-18)15-16-13-5-3-4-6-14(13)17-15/h3-6,11-12H,7-10H2,1-2H3,(H,16,17). The molecule has 3 heteroatoms. The number of aromatic nitrogens is 2. The van der Waals surface area contributed by atoms with Gasteiger partial charge in [0.05, 0.1) is 11.0 Å². The zero-order chi connectivity index (χ0) is 12.5. The van der Waals surface area contributed by atoms with E-state index in [9.17, 15) is 0 Å². The number of piperidine rings is 1. The zero-order valence-electron chi connectivity index (χ0n) is 11.2. The highest BCUT2D eigenvalue weighted by atomic mass is 15.2. The molecule has 1 fully saturated rings. The third-order valence-corrected chi connectivity index (χ3v) is 4.05. The van der Waals surface area contributed by atoms with Gasteiger partial charge < -0.3 is 9.88 Å². The average molecular weight is 243 g/mol. The molecule has 1 N–H and O–H groups in total. The quantitative estimate of drug-likeness (QED) is 0.878. The van der Waals surface area contributed by atoms with Gasteiger partial charge in [0.15, 0.2) is 0 Å². The molecule has 1 aromatic carbocycles. The van der Waals surface area contributed by atoms with Crippen molar-refractivity contribution in [3.05, 3.63) is 30.1 Å². The van der Waals surface area contributed by atoms with Crippen molar-refractivity contribution in [3.63, 3.8) is 0 Å². The lowest BCUT2D eigenvalue weighted by atomic mass is 9.95. The van der Waals surface area contributed by atoms with Gasteiger partial charge in [-0.05, 0) is 51.9 Å². The Labute approximate surface area is 108 Å². The molecule has 3 nitrogen and oxygen atoms in total. The highest BCUT2D eigenvalue weighted by molar-refractivity contribution is 5.74. The molecule has 2 heterocycles. The van der Waals surface area contributed by atoms with Crippen LogP contribution in [-0.2, 0) is 0 Å². The average Bonchev–Trinajstić information content (AvgIpc) is 2.82. The minimum absolute atomic E-state index is 0.604. The predicted molar refractivity (Wildman–Crippen MR) is 74.8 cm³/mol. The van der Waals surface area contributed by atoms with Gasteiger partial charge in [0.1, 0.15) is 5.82 Å². The van der Waals surface area contributed by atoms with Crippen LogP contribution in [0.3, 0.4) is 0 Å². The van der Waals surface area contributed by atoms with Crippen molar-refractivity contribution in [1.82, 2.24) is 14.9 Å². The Balaban J connectivity index is 1.76. The maximum Gasteiger partial charge on any atom is 0.110 e. The Morgan fingerprint density at radius 1 is 1.22 bits per heavy atom. The molecular formula is C15H21N3. The van der Waals surface area contributed by atoms with E-state index in [0.29, 0.717) is 12.0 Å². The van der Waals surface area contributed by atoms with Crippen molar-refractivity contribution in [2.45, 2.75) is 38.6 Å². The van der Waals surface area contributed by atoms with E-state index < -0.39 is 0 Å². The number of hydrogen-bond donors (Lipinski definition) is 1. The van der Waals surface area contributed by atoms with Crippen molar-refractivity contribution in [1.29, 1.82) is 0 Å². The number of aromatic amines is 1. The van der Waals surface area contributed by atoms with Gasteiger partial charge in [-0.1, -0.05) is 12.1 Å². The molecule has 1 aromatic heterocycles. The Bertz CT molecular complexity index is 488. The van der Waals surface area contributed by atoms with Crippen molar-refractivity contribution >= 4 is 11.0 Å². The number of H-pyrrole nitrogens is 1. The summed E-state index contributed by atoms with van der Waals surface area (Å²) in [7, 11) is 0. The summed E-state index contributed by atoms with van der Waals surface area (Å²) in [6.45, 7) is 6.95. The predicted octanol–water partition coefficient (Wildman–Crippen LogP) is 3.15. The summed E-state index contributed by atoms with van der Waals surface area (Å²) in [5.74, 6) is 1.78. The fourth-order valence-electron chi connectivity index (χ4n) is 2.86. The van der Waals surface area contributed by atoms with Gasteiger partial charge in [0.2, 0.25) is 0 Å². The van der Waals surface area contributed by atoms with Crippen molar-refractivity contribution < 1.29 is 0 Å². The van der Waals surface area contributed by atoms with Gasteiger partial charge in [-0.25, -0.2) is 4.98 Å². The molecule has 0 radical (unpaired) electrons. The minimum Gasteiger partial charge on any atom is -0.342 e. The lowest BCUT2D eigenvalue weighted by Crippen LogP contribution is -2.38. The first-order valence-corrected chi connectivity index (χ1v) is 6.93. The van der Waals surface area contributed by atoms with Crippen LogP contribution in [0, 0.1) is 0 Å². The maximum atomic E-state index is 4.73. The first-order valence-electron chi connectivity index (χ1n) is 6.93. The van der Waals surface area contributed by atoms with Gasteiger partial charge in [-0.15, -0.1) is 0 Å². The van der Waals surface area contributed by atoms with E-state index in [2.05, 4.69) is 41.9 Å². The molecule has 1 aliphatic heterocycles. The van der Waals surface area contributed by atoms with Crippen LogP contribution in [0.25, 0.3) is 11.0 Å². The van der Waals surface area contributed by atoms with Crippen LogP contribution in [0.2, 0.25) is 0 Å². The number of likely N-dealkylation sites (tertiary alicyclic amines) is 1. The molecule has 2 aromatic rings. The first kappa shape index (κ1) is 11.7. The molecule has 0 amide bonds. The molecule has 0 bridgehead atoms. The maximum absolute atomic E-state index is 4.73. The second kappa shape index (κ2) is 4.73. The fourth-order valence-corrected chi connectivity index (χ4v) is 2.86. The molecular weight excluding hydrogens is 222 g/mol. The smallest absolute Gasteiger partial charge is 0.110 e. The minimum atomic E-state index is 0.604. The Morgan fingerprint density at radius 3 is 2.61 bits per heavy atom. The van der Waals surface area contributed by atoms with Gasteiger partial charge in [-0.3, -0.25) is 0 Å². The number of para-hydroxylation sites is 2.